The van der Waals surface area contributed by atoms with Crippen molar-refractivity contribution in [2.24, 2.45) is 0 Å². The van der Waals surface area contributed by atoms with Crippen LogP contribution in [0.3, 0.4) is 0 Å². The van der Waals surface area contributed by atoms with Crippen LogP contribution in [-0.4, -0.2) is 12.0 Å². The molecule has 0 radical (unpaired) electrons. The summed E-state index contributed by atoms with van der Waals surface area (Å²) in [5.41, 5.74) is 0.897. The lowest BCUT2D eigenvalue weighted by molar-refractivity contribution is -0.0793. The predicted molar refractivity (Wildman–Crippen MR) is 55.7 cm³/mol. The molecule has 0 aromatic heterocycles. The fourth-order valence-electron chi connectivity index (χ4n) is 1.55. The van der Waals surface area contributed by atoms with Crippen LogP contribution in [-0.2, 0) is 0 Å². The topological polar surface area (TPSA) is 12.0 Å². The number of nitrogens with one attached hydrogen (secondary N) is 1. The van der Waals surface area contributed by atoms with Crippen LogP contribution in [0.15, 0.2) is 28.7 Å². The van der Waals surface area contributed by atoms with Gasteiger partial charge in [-0.1, -0.05) is 15.9 Å². The van der Waals surface area contributed by atoms with Gasteiger partial charge in [0.25, 0.3) is 5.92 Å². The quantitative estimate of drug-likeness (QED) is 0.857. The zero-order chi connectivity index (χ0) is 10.2. The number of alkyl halides is 2. The minimum absolute atomic E-state index is 0.0525. The van der Waals surface area contributed by atoms with Crippen LogP contribution >= 0.6 is 15.9 Å². The first-order valence-electron chi connectivity index (χ1n) is 4.45. The van der Waals surface area contributed by atoms with E-state index in [9.17, 15) is 8.78 Å². The molecule has 1 saturated carbocycles. The highest BCUT2D eigenvalue weighted by molar-refractivity contribution is 9.10. The molecule has 1 aliphatic rings. The number of rotatable bonds is 2. The second-order valence-electron chi connectivity index (χ2n) is 3.61. The van der Waals surface area contributed by atoms with Crippen LogP contribution in [0.1, 0.15) is 12.8 Å². The van der Waals surface area contributed by atoms with Crippen molar-refractivity contribution in [3.63, 3.8) is 0 Å². The summed E-state index contributed by atoms with van der Waals surface area (Å²) in [5.74, 6) is -2.45. The molecule has 0 heterocycles. The molecule has 4 heteroatoms. The van der Waals surface area contributed by atoms with Gasteiger partial charge in [0.2, 0.25) is 0 Å². The van der Waals surface area contributed by atoms with Crippen LogP contribution < -0.4 is 5.32 Å². The summed E-state index contributed by atoms with van der Waals surface area (Å²) in [5, 5.41) is 3.06. The van der Waals surface area contributed by atoms with Gasteiger partial charge in [0.15, 0.2) is 0 Å². The van der Waals surface area contributed by atoms with Crippen LogP contribution in [0.4, 0.5) is 14.5 Å². The molecule has 0 saturated heterocycles. The van der Waals surface area contributed by atoms with Gasteiger partial charge in [-0.3, -0.25) is 0 Å². The van der Waals surface area contributed by atoms with E-state index in [1.165, 1.54) is 0 Å². The molecule has 0 unspecified atom stereocenters. The highest BCUT2D eigenvalue weighted by Gasteiger charge is 2.45. The Morgan fingerprint density at radius 2 is 1.79 bits per heavy atom. The molecule has 0 spiro atoms. The molecule has 14 heavy (non-hydrogen) atoms. The Hall–Kier alpha value is -0.640. The van der Waals surface area contributed by atoms with Gasteiger partial charge in [-0.25, -0.2) is 8.78 Å². The zero-order valence-electron chi connectivity index (χ0n) is 7.43. The average Bonchev–Trinajstić information content (AvgIpc) is 2.06. The number of benzene rings is 1. The monoisotopic (exact) mass is 261 g/mol. The summed E-state index contributed by atoms with van der Waals surface area (Å²) in [4.78, 5) is 0. The van der Waals surface area contributed by atoms with Crippen molar-refractivity contribution in [2.75, 3.05) is 5.32 Å². The van der Waals surface area contributed by atoms with E-state index < -0.39 is 5.92 Å². The third kappa shape index (κ3) is 2.23. The molecule has 0 amide bonds. The SMILES string of the molecule is FC1(F)CC(Nc2ccc(Br)cc2)C1. The summed E-state index contributed by atoms with van der Waals surface area (Å²) in [7, 11) is 0. The first-order valence-corrected chi connectivity index (χ1v) is 5.24. The van der Waals surface area contributed by atoms with Crippen LogP contribution in [0.5, 0.6) is 0 Å². The van der Waals surface area contributed by atoms with Crippen LogP contribution in [0, 0.1) is 0 Å². The van der Waals surface area contributed by atoms with Gasteiger partial charge in [0, 0.05) is 29.0 Å². The molecule has 0 bridgehead atoms. The van der Waals surface area contributed by atoms with Crippen molar-refractivity contribution in [3.8, 4) is 0 Å². The Kier molecular flexibility index (Phi) is 2.47. The third-order valence-electron chi connectivity index (χ3n) is 2.31. The van der Waals surface area contributed by atoms with Gasteiger partial charge in [-0.15, -0.1) is 0 Å². The minimum Gasteiger partial charge on any atom is -0.382 e. The molecule has 0 atom stereocenters. The Labute approximate surface area is 89.6 Å². The molecule has 1 aromatic carbocycles. The lowest BCUT2D eigenvalue weighted by Gasteiger charge is -2.36. The zero-order valence-corrected chi connectivity index (χ0v) is 9.02. The van der Waals surface area contributed by atoms with Crippen molar-refractivity contribution in [1.29, 1.82) is 0 Å². The van der Waals surface area contributed by atoms with Crippen molar-refractivity contribution in [2.45, 2.75) is 24.8 Å². The molecule has 2 rings (SSSR count). The highest BCUT2D eigenvalue weighted by Crippen LogP contribution is 2.39. The van der Waals surface area contributed by atoms with Crippen molar-refractivity contribution in [1.82, 2.24) is 0 Å². The maximum Gasteiger partial charge on any atom is 0.252 e. The van der Waals surface area contributed by atoms with E-state index in [0.29, 0.717) is 0 Å². The van der Waals surface area contributed by atoms with E-state index in [1.54, 1.807) is 0 Å². The molecule has 1 aliphatic carbocycles. The lowest BCUT2D eigenvalue weighted by atomic mass is 9.88. The van der Waals surface area contributed by atoms with Gasteiger partial charge >= 0.3 is 0 Å². The normalized spacial score (nSPS) is 20.2. The van der Waals surface area contributed by atoms with E-state index in [4.69, 9.17) is 0 Å². The van der Waals surface area contributed by atoms with Gasteiger partial charge in [-0.2, -0.15) is 0 Å². The van der Waals surface area contributed by atoms with Crippen molar-refractivity contribution < 1.29 is 8.78 Å². The molecule has 1 N–H and O–H groups in total. The third-order valence-corrected chi connectivity index (χ3v) is 2.83. The van der Waals surface area contributed by atoms with E-state index in [2.05, 4.69) is 21.2 Å². The molecule has 0 aliphatic heterocycles. The molecular formula is C10H10BrF2N. The predicted octanol–water partition coefficient (Wildman–Crippen LogP) is 3.66. The van der Waals surface area contributed by atoms with Crippen molar-refractivity contribution >= 4 is 21.6 Å². The first kappa shape index (κ1) is 9.90. The summed E-state index contributed by atoms with van der Waals surface area (Å²) in [6, 6.07) is 7.45. The number of hydrogen-bond donors (Lipinski definition) is 1. The van der Waals surface area contributed by atoms with E-state index in [0.717, 1.165) is 10.2 Å². The summed E-state index contributed by atoms with van der Waals surface area (Å²) in [6.45, 7) is 0. The summed E-state index contributed by atoms with van der Waals surface area (Å²) in [6.07, 6.45) is -0.105. The molecule has 76 valence electrons. The fraction of sp³-hybridized carbons (Fsp3) is 0.400. The second kappa shape index (κ2) is 3.50. The summed E-state index contributed by atoms with van der Waals surface area (Å²) >= 11 is 3.31. The Morgan fingerprint density at radius 1 is 1.21 bits per heavy atom. The van der Waals surface area contributed by atoms with E-state index in [1.807, 2.05) is 24.3 Å². The number of anilines is 1. The first-order chi connectivity index (χ1) is 6.55. The van der Waals surface area contributed by atoms with Gasteiger partial charge in [-0.05, 0) is 24.3 Å². The molecule has 1 aromatic rings. The standard InChI is InChI=1S/C10H10BrF2N/c11-7-1-3-8(4-2-7)14-9-5-10(12,13)6-9/h1-4,9,14H,5-6H2. The average molecular weight is 262 g/mol. The fourth-order valence-corrected chi connectivity index (χ4v) is 1.81. The molecule has 1 nitrogen and oxygen atoms in total. The second-order valence-corrected chi connectivity index (χ2v) is 4.53. The van der Waals surface area contributed by atoms with Gasteiger partial charge in [0.1, 0.15) is 0 Å². The van der Waals surface area contributed by atoms with Crippen LogP contribution in [0.2, 0.25) is 0 Å². The van der Waals surface area contributed by atoms with Crippen molar-refractivity contribution in [3.05, 3.63) is 28.7 Å². The summed E-state index contributed by atoms with van der Waals surface area (Å²) < 4.78 is 26.0. The van der Waals surface area contributed by atoms with E-state index >= 15 is 0 Å². The smallest absolute Gasteiger partial charge is 0.252 e. The molecular weight excluding hydrogens is 252 g/mol. The highest BCUT2D eigenvalue weighted by atomic mass is 79.9. The van der Waals surface area contributed by atoms with E-state index in [-0.39, 0.29) is 18.9 Å². The maximum atomic E-state index is 12.5. The Balaban J connectivity index is 1.90. The van der Waals surface area contributed by atoms with Gasteiger partial charge < -0.3 is 5.32 Å². The largest absolute Gasteiger partial charge is 0.382 e. The lowest BCUT2D eigenvalue weighted by Crippen LogP contribution is -2.44. The van der Waals surface area contributed by atoms with Gasteiger partial charge in [0.05, 0.1) is 0 Å². The maximum absolute atomic E-state index is 12.5. The number of halogens is 3. The van der Waals surface area contributed by atoms with Crippen LogP contribution in [0.25, 0.3) is 0 Å². The Morgan fingerprint density at radius 3 is 2.29 bits per heavy atom. The minimum atomic E-state index is -2.45. The molecule has 1 fully saturated rings. The Bertz CT molecular complexity index is 315. The number of hydrogen-bond acceptors (Lipinski definition) is 1.